The van der Waals surface area contributed by atoms with Crippen LogP contribution in [0.5, 0.6) is 0 Å². The summed E-state index contributed by atoms with van der Waals surface area (Å²) in [6.07, 6.45) is -0.714. The first-order valence-corrected chi connectivity index (χ1v) is 12.8. The van der Waals surface area contributed by atoms with Crippen molar-refractivity contribution in [3.05, 3.63) is 143 Å². The molecule has 1 saturated heterocycles. The van der Waals surface area contributed by atoms with E-state index < -0.39 is 23.1 Å². The Bertz CT molecular complexity index is 1280. The topological polar surface area (TPSA) is 72.6 Å². The fourth-order valence-corrected chi connectivity index (χ4v) is 5.69. The molecule has 0 aromatic heterocycles. The Kier molecular flexibility index (Phi) is 6.48. The summed E-state index contributed by atoms with van der Waals surface area (Å²) in [6, 6.07) is 36.1. The highest BCUT2D eigenvalue weighted by atomic mass is 79.9. The van der Waals surface area contributed by atoms with Crippen LogP contribution in [0.4, 0.5) is 4.79 Å². The molecule has 6 heteroatoms. The van der Waals surface area contributed by atoms with Crippen LogP contribution in [-0.4, -0.2) is 22.2 Å². The number of halogens is 1. The van der Waals surface area contributed by atoms with Gasteiger partial charge in [-0.3, -0.25) is 4.79 Å². The summed E-state index contributed by atoms with van der Waals surface area (Å²) >= 11 is 3.49. The maximum Gasteiger partial charge on any atom is 0.419 e. The first kappa shape index (κ1) is 24.0. The molecule has 1 atom stereocenters. The number of benzene rings is 4. The fourth-order valence-electron chi connectivity index (χ4n) is 5.01. The number of carbonyl (C=O) groups is 2. The molecule has 0 saturated carbocycles. The molecule has 0 spiro atoms. The van der Waals surface area contributed by atoms with E-state index >= 15 is 0 Å². The lowest BCUT2D eigenvalue weighted by molar-refractivity contribution is -0.138. The summed E-state index contributed by atoms with van der Waals surface area (Å²) in [5, 5.41) is 0.101. The number of hydrogen-bond acceptors (Lipinski definition) is 4. The Balaban J connectivity index is 1.81. The third-order valence-corrected chi connectivity index (χ3v) is 7.51. The molecule has 1 aliphatic heterocycles. The summed E-state index contributed by atoms with van der Waals surface area (Å²) in [5.41, 5.74) is 6.82. The van der Waals surface area contributed by atoms with E-state index in [1.807, 2.05) is 109 Å². The summed E-state index contributed by atoms with van der Waals surface area (Å²) in [5.74, 6) is -0.449. The molecule has 0 aliphatic carbocycles. The molecular weight excluding hydrogens is 516 g/mol. The molecule has 0 bridgehead atoms. The zero-order valence-electron chi connectivity index (χ0n) is 19.5. The van der Waals surface area contributed by atoms with Gasteiger partial charge in [-0.15, -0.1) is 0 Å². The number of carbonyl (C=O) groups excluding carboxylic acids is 2. The number of hydrogen-bond donors (Lipinski definition) is 1. The Labute approximate surface area is 218 Å². The van der Waals surface area contributed by atoms with Gasteiger partial charge in [-0.25, -0.2) is 9.69 Å². The van der Waals surface area contributed by atoms with E-state index in [1.165, 1.54) is 4.90 Å². The SMILES string of the molecule is NCc1cccc([C@@]2(CBr)OC(=O)N(C(c3ccccc3)(c3ccccc3)c3ccccc3)C2=O)c1. The molecule has 2 amide bonds. The number of alkyl halides is 1. The minimum atomic E-state index is -1.54. The maximum atomic E-state index is 14.6. The van der Waals surface area contributed by atoms with Gasteiger partial charge in [0.1, 0.15) is 5.54 Å². The average Bonchev–Trinajstić information content (AvgIpc) is 3.21. The van der Waals surface area contributed by atoms with Gasteiger partial charge < -0.3 is 10.5 Å². The van der Waals surface area contributed by atoms with Gasteiger partial charge >= 0.3 is 6.09 Å². The van der Waals surface area contributed by atoms with E-state index in [0.717, 1.165) is 22.3 Å². The van der Waals surface area contributed by atoms with Crippen LogP contribution in [0.1, 0.15) is 27.8 Å². The van der Waals surface area contributed by atoms with Crippen molar-refractivity contribution >= 4 is 27.9 Å². The van der Waals surface area contributed by atoms with Gasteiger partial charge in [-0.2, -0.15) is 0 Å². The van der Waals surface area contributed by atoms with Gasteiger partial charge in [0.15, 0.2) is 0 Å². The normalized spacial score (nSPS) is 17.8. The maximum absolute atomic E-state index is 14.6. The highest BCUT2D eigenvalue weighted by Crippen LogP contribution is 2.49. The molecule has 0 unspecified atom stereocenters. The standard InChI is InChI=1S/C30H25BrN2O3/c31-21-29(26-18-10-11-22(19-26)20-32)27(34)33(28(35)36-29)30(23-12-4-1-5-13-23,24-14-6-2-7-15-24)25-16-8-3-9-17-25/h1-19H,20-21,32H2/t29-/m1/s1. The van der Waals surface area contributed by atoms with Gasteiger partial charge in [0, 0.05) is 12.1 Å². The van der Waals surface area contributed by atoms with Gasteiger partial charge in [0.25, 0.3) is 5.91 Å². The van der Waals surface area contributed by atoms with Gasteiger partial charge in [0.05, 0.1) is 5.33 Å². The first-order valence-electron chi connectivity index (χ1n) is 11.7. The van der Waals surface area contributed by atoms with E-state index in [0.29, 0.717) is 12.1 Å². The van der Waals surface area contributed by atoms with Crippen molar-refractivity contribution in [3.63, 3.8) is 0 Å². The van der Waals surface area contributed by atoms with Crippen LogP contribution in [0.3, 0.4) is 0 Å². The van der Waals surface area contributed by atoms with Crippen LogP contribution < -0.4 is 5.73 Å². The molecule has 4 aromatic rings. The zero-order valence-corrected chi connectivity index (χ0v) is 21.1. The van der Waals surface area contributed by atoms with Crippen LogP contribution in [0.25, 0.3) is 0 Å². The number of amides is 2. The molecule has 180 valence electrons. The lowest BCUT2D eigenvalue weighted by atomic mass is 9.75. The number of nitrogens with zero attached hydrogens (tertiary/aromatic N) is 1. The van der Waals surface area contributed by atoms with Crippen molar-refractivity contribution in [2.75, 3.05) is 5.33 Å². The van der Waals surface area contributed by atoms with Gasteiger partial charge in [0.2, 0.25) is 5.60 Å². The van der Waals surface area contributed by atoms with E-state index in [9.17, 15) is 9.59 Å². The van der Waals surface area contributed by atoms with Crippen molar-refractivity contribution in [1.82, 2.24) is 4.90 Å². The van der Waals surface area contributed by atoms with Crippen LogP contribution in [0.15, 0.2) is 115 Å². The van der Waals surface area contributed by atoms with Crippen molar-refractivity contribution in [1.29, 1.82) is 0 Å². The lowest BCUT2D eigenvalue weighted by Gasteiger charge is -2.41. The lowest BCUT2D eigenvalue weighted by Crippen LogP contribution is -2.53. The van der Waals surface area contributed by atoms with E-state index in [4.69, 9.17) is 10.5 Å². The molecule has 4 aromatic carbocycles. The molecule has 2 N–H and O–H groups in total. The molecule has 5 rings (SSSR count). The third-order valence-electron chi connectivity index (χ3n) is 6.72. The van der Waals surface area contributed by atoms with Crippen LogP contribution in [0, 0.1) is 0 Å². The summed E-state index contributed by atoms with van der Waals surface area (Å²) in [7, 11) is 0. The summed E-state index contributed by atoms with van der Waals surface area (Å²) in [6.45, 7) is 0.306. The molecular formula is C30H25BrN2O3. The number of cyclic esters (lactones) is 1. The molecule has 1 aliphatic rings. The zero-order chi connectivity index (χ0) is 25.2. The Morgan fingerprint density at radius 1 is 0.750 bits per heavy atom. The minimum absolute atomic E-state index is 0.101. The second-order valence-corrected chi connectivity index (χ2v) is 9.24. The molecule has 0 radical (unpaired) electrons. The van der Waals surface area contributed by atoms with Crippen LogP contribution in [-0.2, 0) is 27.2 Å². The van der Waals surface area contributed by atoms with Crippen molar-refractivity contribution < 1.29 is 14.3 Å². The third kappa shape index (κ3) is 3.65. The number of imide groups is 1. The fraction of sp³-hybridized carbons (Fsp3) is 0.133. The monoisotopic (exact) mass is 540 g/mol. The van der Waals surface area contributed by atoms with Crippen molar-refractivity contribution in [2.24, 2.45) is 5.73 Å². The summed E-state index contributed by atoms with van der Waals surface area (Å²) < 4.78 is 6.03. The van der Waals surface area contributed by atoms with Gasteiger partial charge in [-0.05, 0) is 28.3 Å². The van der Waals surface area contributed by atoms with Crippen molar-refractivity contribution in [2.45, 2.75) is 17.7 Å². The number of rotatable bonds is 7. The molecule has 1 fully saturated rings. The molecule has 5 nitrogen and oxygen atoms in total. The van der Waals surface area contributed by atoms with Gasteiger partial charge in [-0.1, -0.05) is 125 Å². The number of nitrogens with two attached hydrogens (primary N) is 1. The molecule has 36 heavy (non-hydrogen) atoms. The Morgan fingerprint density at radius 2 is 1.25 bits per heavy atom. The Morgan fingerprint density at radius 3 is 1.69 bits per heavy atom. The highest BCUT2D eigenvalue weighted by Gasteiger charge is 2.62. The minimum Gasteiger partial charge on any atom is -0.426 e. The smallest absolute Gasteiger partial charge is 0.419 e. The predicted molar refractivity (Wildman–Crippen MR) is 142 cm³/mol. The second kappa shape index (κ2) is 9.72. The number of ether oxygens (including phenoxy) is 1. The average molecular weight is 541 g/mol. The predicted octanol–water partition coefficient (Wildman–Crippen LogP) is 5.71. The van der Waals surface area contributed by atoms with Crippen LogP contribution >= 0.6 is 15.9 Å². The van der Waals surface area contributed by atoms with Crippen LogP contribution in [0.2, 0.25) is 0 Å². The Hall–Kier alpha value is -3.74. The summed E-state index contributed by atoms with van der Waals surface area (Å²) in [4.78, 5) is 29.7. The van der Waals surface area contributed by atoms with E-state index in [-0.39, 0.29) is 5.33 Å². The second-order valence-electron chi connectivity index (χ2n) is 8.68. The largest absolute Gasteiger partial charge is 0.426 e. The molecule has 1 heterocycles. The van der Waals surface area contributed by atoms with E-state index in [2.05, 4.69) is 15.9 Å². The highest BCUT2D eigenvalue weighted by molar-refractivity contribution is 9.09. The van der Waals surface area contributed by atoms with E-state index in [1.54, 1.807) is 6.07 Å². The first-order chi connectivity index (χ1) is 17.6. The quantitative estimate of drug-likeness (QED) is 0.241. The van der Waals surface area contributed by atoms with Crippen molar-refractivity contribution in [3.8, 4) is 0 Å².